The number of aliphatic hydroxyl groups is 5. The van der Waals surface area contributed by atoms with Gasteiger partial charge in [0.1, 0.15) is 24.4 Å². The number of allylic oxidation sites excluding steroid dienone is 5. The Balaban J connectivity index is 2.32. The molecule has 0 spiro atoms. The van der Waals surface area contributed by atoms with Crippen LogP contribution in [0.5, 0.6) is 0 Å². The molecule has 55 heavy (non-hydrogen) atoms. The van der Waals surface area contributed by atoms with Crippen LogP contribution in [0.4, 0.5) is 0 Å². The number of amides is 1. The minimum atomic E-state index is -1.57. The van der Waals surface area contributed by atoms with Crippen molar-refractivity contribution in [2.75, 3.05) is 13.2 Å². The Morgan fingerprint density at radius 1 is 0.600 bits per heavy atom. The molecule has 1 aliphatic rings. The Labute approximate surface area is 336 Å². The Hall–Kier alpha value is -1.59. The molecule has 0 aromatic carbocycles. The van der Waals surface area contributed by atoms with Crippen LogP contribution in [0.25, 0.3) is 0 Å². The van der Waals surface area contributed by atoms with Gasteiger partial charge >= 0.3 is 0 Å². The maximum atomic E-state index is 12.9. The van der Waals surface area contributed by atoms with E-state index in [4.69, 9.17) is 9.47 Å². The number of rotatable bonds is 37. The van der Waals surface area contributed by atoms with Crippen molar-refractivity contribution in [2.24, 2.45) is 0 Å². The molecule has 0 bridgehead atoms. The highest BCUT2D eigenvalue weighted by molar-refractivity contribution is 5.76. The van der Waals surface area contributed by atoms with Crippen LogP contribution < -0.4 is 5.32 Å². The molecule has 9 nitrogen and oxygen atoms in total. The summed E-state index contributed by atoms with van der Waals surface area (Å²) in [7, 11) is 0. The van der Waals surface area contributed by atoms with Crippen molar-refractivity contribution in [3.8, 4) is 0 Å². The SMILES string of the molecule is CCCCCCC/C=C/CC/C=C/C(O)C(COC1OC(CO)C(O)C(O)C1O)NC(=O)CCCCCCCCCCC/C=C\CCCCCCCCCC. The molecule has 1 aliphatic heterocycles. The van der Waals surface area contributed by atoms with Crippen molar-refractivity contribution in [3.63, 3.8) is 0 Å². The highest BCUT2D eigenvalue weighted by Crippen LogP contribution is 2.22. The van der Waals surface area contributed by atoms with Crippen LogP contribution in [0.2, 0.25) is 0 Å². The van der Waals surface area contributed by atoms with Crippen LogP contribution in [0.1, 0.15) is 194 Å². The zero-order valence-corrected chi connectivity index (χ0v) is 35.2. The Kier molecular flexibility index (Phi) is 34.3. The molecule has 0 aliphatic carbocycles. The van der Waals surface area contributed by atoms with Crippen LogP contribution in [0.15, 0.2) is 36.5 Å². The predicted octanol–water partition coefficient (Wildman–Crippen LogP) is 9.28. The summed E-state index contributed by atoms with van der Waals surface area (Å²) in [6, 6.07) is -0.819. The lowest BCUT2D eigenvalue weighted by molar-refractivity contribution is -0.302. The zero-order valence-electron chi connectivity index (χ0n) is 35.2. The smallest absolute Gasteiger partial charge is 0.220 e. The predicted molar refractivity (Wildman–Crippen MR) is 226 cm³/mol. The first-order chi connectivity index (χ1) is 26.8. The minimum Gasteiger partial charge on any atom is -0.394 e. The second-order valence-electron chi connectivity index (χ2n) is 15.8. The normalized spacial score (nSPS) is 21.6. The molecule has 6 N–H and O–H groups in total. The van der Waals surface area contributed by atoms with E-state index in [1.165, 1.54) is 135 Å². The van der Waals surface area contributed by atoms with Gasteiger partial charge in [-0.1, -0.05) is 166 Å². The average molecular weight is 780 g/mol. The van der Waals surface area contributed by atoms with Crippen LogP contribution in [-0.2, 0) is 14.3 Å². The monoisotopic (exact) mass is 780 g/mol. The highest BCUT2D eigenvalue weighted by Gasteiger charge is 2.44. The van der Waals surface area contributed by atoms with Crippen molar-refractivity contribution < 1.29 is 39.8 Å². The Morgan fingerprint density at radius 2 is 1.04 bits per heavy atom. The quantitative estimate of drug-likeness (QED) is 0.0270. The van der Waals surface area contributed by atoms with Crippen LogP contribution in [0, 0.1) is 0 Å². The lowest BCUT2D eigenvalue weighted by atomic mass is 9.99. The van der Waals surface area contributed by atoms with Crippen molar-refractivity contribution >= 4 is 5.91 Å². The molecule has 1 heterocycles. The van der Waals surface area contributed by atoms with Gasteiger partial charge in [-0.25, -0.2) is 0 Å². The van der Waals surface area contributed by atoms with Crippen LogP contribution in [0.3, 0.4) is 0 Å². The number of hydrogen-bond acceptors (Lipinski definition) is 8. The molecular weight excluding hydrogens is 695 g/mol. The van der Waals surface area contributed by atoms with Crippen molar-refractivity contribution in [1.82, 2.24) is 5.32 Å². The largest absolute Gasteiger partial charge is 0.394 e. The second kappa shape index (κ2) is 36.7. The summed E-state index contributed by atoms with van der Waals surface area (Å²) in [4.78, 5) is 12.9. The van der Waals surface area contributed by atoms with Gasteiger partial charge in [0, 0.05) is 6.42 Å². The van der Waals surface area contributed by atoms with Gasteiger partial charge < -0.3 is 40.3 Å². The molecule has 1 fully saturated rings. The van der Waals surface area contributed by atoms with Crippen LogP contribution in [-0.4, -0.2) is 87.5 Å². The number of unbranched alkanes of at least 4 members (excludes halogenated alkanes) is 23. The zero-order chi connectivity index (χ0) is 40.2. The maximum absolute atomic E-state index is 12.9. The van der Waals surface area contributed by atoms with Gasteiger partial charge in [0.05, 0.1) is 25.4 Å². The summed E-state index contributed by atoms with van der Waals surface area (Å²) in [6.45, 7) is 3.72. The van der Waals surface area contributed by atoms with E-state index in [1.54, 1.807) is 6.08 Å². The number of aliphatic hydroxyl groups excluding tert-OH is 5. The molecule has 9 heteroatoms. The maximum Gasteiger partial charge on any atom is 0.220 e. The molecule has 1 rings (SSSR count). The lowest BCUT2D eigenvalue weighted by Gasteiger charge is -2.40. The summed E-state index contributed by atoms with van der Waals surface area (Å²) in [5.41, 5.74) is 0. The fourth-order valence-corrected chi connectivity index (χ4v) is 6.99. The third-order valence-corrected chi connectivity index (χ3v) is 10.7. The molecule has 0 saturated carbocycles. The summed E-state index contributed by atoms with van der Waals surface area (Å²) in [5, 5.41) is 54.0. The summed E-state index contributed by atoms with van der Waals surface area (Å²) in [5.74, 6) is -0.191. The summed E-state index contributed by atoms with van der Waals surface area (Å²) < 4.78 is 11.2. The van der Waals surface area contributed by atoms with Crippen molar-refractivity contribution in [2.45, 2.75) is 236 Å². The average Bonchev–Trinajstić information content (AvgIpc) is 3.18. The number of nitrogens with one attached hydrogen (secondary N) is 1. The van der Waals surface area contributed by atoms with Gasteiger partial charge in [-0.3, -0.25) is 4.79 Å². The van der Waals surface area contributed by atoms with Crippen molar-refractivity contribution in [3.05, 3.63) is 36.5 Å². The topological polar surface area (TPSA) is 149 Å². The number of hydrogen-bond donors (Lipinski definition) is 6. The lowest BCUT2D eigenvalue weighted by Crippen LogP contribution is -2.60. The van der Waals surface area contributed by atoms with E-state index in [0.717, 1.165) is 38.5 Å². The van der Waals surface area contributed by atoms with E-state index in [1.807, 2.05) is 6.08 Å². The standard InChI is InChI=1S/C46H85NO8/c1-3-5-7-9-11-13-15-16-17-18-19-20-21-22-23-24-26-28-30-32-34-36-42(50)47-39(38-54-46-45(53)44(52)43(51)41(37-48)55-46)40(49)35-33-31-29-27-25-14-12-10-8-6-4-2/h18-19,25,27,33,35,39-41,43-46,48-49,51-53H,3-17,20-24,26,28-32,34,36-38H2,1-2H3,(H,47,50)/b19-18-,27-25+,35-33+. The number of carbonyl (C=O) groups is 1. The molecular formula is C46H85NO8. The molecule has 7 atom stereocenters. The second-order valence-corrected chi connectivity index (χ2v) is 15.8. The van der Waals surface area contributed by atoms with E-state index in [-0.39, 0.29) is 12.5 Å². The van der Waals surface area contributed by atoms with E-state index < -0.39 is 49.5 Å². The Bertz CT molecular complexity index is 956. The third kappa shape index (κ3) is 27.6. The van der Waals surface area contributed by atoms with Gasteiger partial charge in [0.2, 0.25) is 5.91 Å². The van der Waals surface area contributed by atoms with Gasteiger partial charge in [0.15, 0.2) is 6.29 Å². The summed E-state index contributed by atoms with van der Waals surface area (Å²) in [6.07, 6.45) is 37.7. The number of ether oxygens (including phenoxy) is 2. The van der Waals surface area contributed by atoms with Gasteiger partial charge in [-0.15, -0.1) is 0 Å². The number of carbonyl (C=O) groups excluding carboxylic acids is 1. The van der Waals surface area contributed by atoms with E-state index in [0.29, 0.717) is 6.42 Å². The third-order valence-electron chi connectivity index (χ3n) is 10.7. The van der Waals surface area contributed by atoms with E-state index in [9.17, 15) is 30.3 Å². The van der Waals surface area contributed by atoms with E-state index in [2.05, 4.69) is 43.5 Å². The molecule has 0 aromatic heterocycles. The molecule has 1 amide bonds. The van der Waals surface area contributed by atoms with E-state index >= 15 is 0 Å². The molecule has 7 unspecified atom stereocenters. The van der Waals surface area contributed by atoms with Crippen molar-refractivity contribution in [1.29, 1.82) is 0 Å². The molecule has 0 aromatic rings. The molecule has 1 saturated heterocycles. The molecule has 322 valence electrons. The summed E-state index contributed by atoms with van der Waals surface area (Å²) >= 11 is 0. The fraction of sp³-hybridized carbons (Fsp3) is 0.848. The highest BCUT2D eigenvalue weighted by atomic mass is 16.7. The van der Waals surface area contributed by atoms with Gasteiger partial charge in [-0.05, 0) is 57.8 Å². The van der Waals surface area contributed by atoms with Gasteiger partial charge in [0.25, 0.3) is 0 Å². The molecule has 0 radical (unpaired) electrons. The van der Waals surface area contributed by atoms with Gasteiger partial charge in [-0.2, -0.15) is 0 Å². The fourth-order valence-electron chi connectivity index (χ4n) is 6.99. The first kappa shape index (κ1) is 51.4. The first-order valence-electron chi connectivity index (χ1n) is 22.7. The minimum absolute atomic E-state index is 0.191. The van der Waals surface area contributed by atoms with Crippen LogP contribution >= 0.6 is 0 Å². The first-order valence-corrected chi connectivity index (χ1v) is 22.7. The Morgan fingerprint density at radius 3 is 1.53 bits per heavy atom.